The van der Waals surface area contributed by atoms with Crippen LogP contribution in [-0.2, 0) is 24.8 Å². The van der Waals surface area contributed by atoms with E-state index in [-0.39, 0.29) is 34.5 Å². The number of nitrogens with one attached hydrogen (secondary N) is 2. The summed E-state index contributed by atoms with van der Waals surface area (Å²) in [5.41, 5.74) is 1.13. The van der Waals surface area contributed by atoms with Crippen molar-refractivity contribution in [2.45, 2.75) is 17.9 Å². The number of hydrogen-bond donors (Lipinski definition) is 2. The number of amides is 1. The van der Waals surface area contributed by atoms with E-state index in [0.717, 1.165) is 10.6 Å². The van der Waals surface area contributed by atoms with Crippen LogP contribution in [0.4, 0.5) is 17.3 Å². The monoisotopic (exact) mass is 537 g/mol. The maximum absolute atomic E-state index is 12.8. The summed E-state index contributed by atoms with van der Waals surface area (Å²) in [6.07, 6.45) is 1.30. The van der Waals surface area contributed by atoms with Gasteiger partial charge < -0.3 is 10.1 Å². The largest absolute Gasteiger partial charge is 0.476 e. The molecule has 1 aliphatic rings. The third-order valence-corrected chi connectivity index (χ3v) is 7.66. The first-order valence-corrected chi connectivity index (χ1v) is 13.8. The van der Waals surface area contributed by atoms with Gasteiger partial charge in [0.05, 0.1) is 23.4 Å². The summed E-state index contributed by atoms with van der Waals surface area (Å²) in [6, 6.07) is 11.5. The number of rotatable bonds is 6. The van der Waals surface area contributed by atoms with Crippen LogP contribution in [0.25, 0.3) is 0 Å². The Labute approximate surface area is 207 Å². The van der Waals surface area contributed by atoms with Gasteiger partial charge >= 0.3 is 0 Å². The minimum atomic E-state index is -3.95. The van der Waals surface area contributed by atoms with Crippen LogP contribution in [0.2, 0.25) is 5.02 Å². The van der Waals surface area contributed by atoms with Gasteiger partial charge in [-0.15, -0.1) is 0 Å². The number of aryl methyl sites for hydroxylation is 1. The second-order valence-electron chi connectivity index (χ2n) is 7.65. The number of sulfonamides is 2. The molecule has 2 N–H and O–H groups in total. The van der Waals surface area contributed by atoms with Crippen LogP contribution in [0.5, 0.6) is 5.75 Å². The van der Waals surface area contributed by atoms with Gasteiger partial charge in [0, 0.05) is 22.6 Å². The lowest BCUT2D eigenvalue weighted by Gasteiger charge is -2.34. The molecule has 14 heteroatoms. The zero-order valence-electron chi connectivity index (χ0n) is 18.5. The second kappa shape index (κ2) is 9.32. The molecule has 0 saturated carbocycles. The smallest absolute Gasteiger partial charge is 0.267 e. The summed E-state index contributed by atoms with van der Waals surface area (Å²) in [5.74, 6) is -0.480. The predicted molar refractivity (Wildman–Crippen MR) is 131 cm³/mol. The van der Waals surface area contributed by atoms with Crippen molar-refractivity contribution in [3.05, 3.63) is 65.4 Å². The van der Waals surface area contributed by atoms with Crippen molar-refractivity contribution in [2.24, 2.45) is 0 Å². The Hall–Kier alpha value is -3.42. The molecule has 35 heavy (non-hydrogen) atoms. The van der Waals surface area contributed by atoms with E-state index in [1.54, 1.807) is 13.0 Å². The highest BCUT2D eigenvalue weighted by Crippen LogP contribution is 2.37. The minimum Gasteiger partial charge on any atom is -0.476 e. The molecular formula is C21H20ClN5O6S2. The van der Waals surface area contributed by atoms with Gasteiger partial charge in [0.2, 0.25) is 16.0 Å². The molecule has 1 aliphatic heterocycles. The first kappa shape index (κ1) is 24.7. The minimum absolute atomic E-state index is 0.0613. The van der Waals surface area contributed by atoms with Crippen molar-refractivity contribution in [2.75, 3.05) is 27.1 Å². The van der Waals surface area contributed by atoms with Gasteiger partial charge in [-0.05, 0) is 55.5 Å². The molecule has 0 radical (unpaired) electrons. The van der Waals surface area contributed by atoms with E-state index in [1.165, 1.54) is 48.7 Å². The number of fused-ring (bicyclic) bond motifs is 1. The fraction of sp³-hybridized carbons (Fsp3) is 0.190. The Morgan fingerprint density at radius 1 is 1.11 bits per heavy atom. The molecule has 0 spiro atoms. The lowest BCUT2D eigenvalue weighted by Crippen LogP contribution is -2.48. The summed E-state index contributed by atoms with van der Waals surface area (Å²) >= 11 is 5.98. The van der Waals surface area contributed by atoms with E-state index in [1.807, 2.05) is 0 Å². The average molecular weight is 538 g/mol. The SMILES string of the molecule is Cc1ccnc(NS(=O)(=O)c2ccc(NC(=O)[C@@H]3CN(S(C)(=O)=O)c4cc(Cl)ccc4O3)cc2)n1. The number of anilines is 3. The molecule has 3 aromatic rings. The van der Waals surface area contributed by atoms with Crippen LogP contribution < -0.4 is 19.1 Å². The van der Waals surface area contributed by atoms with E-state index in [9.17, 15) is 21.6 Å². The normalized spacial score (nSPS) is 15.6. The van der Waals surface area contributed by atoms with Crippen molar-refractivity contribution < 1.29 is 26.4 Å². The molecule has 0 aliphatic carbocycles. The summed E-state index contributed by atoms with van der Waals surface area (Å²) in [5, 5.41) is 2.93. The molecule has 2 aromatic carbocycles. The molecule has 2 heterocycles. The number of ether oxygens (including phenoxy) is 1. The number of aromatic nitrogens is 2. The Balaban J connectivity index is 1.49. The summed E-state index contributed by atoms with van der Waals surface area (Å²) in [4.78, 5) is 20.7. The van der Waals surface area contributed by atoms with Crippen molar-refractivity contribution in [1.82, 2.24) is 9.97 Å². The van der Waals surface area contributed by atoms with Gasteiger partial charge in [0.15, 0.2) is 6.10 Å². The number of carbonyl (C=O) groups is 1. The molecule has 11 nitrogen and oxygen atoms in total. The quantitative estimate of drug-likeness (QED) is 0.487. The highest BCUT2D eigenvalue weighted by molar-refractivity contribution is 7.92. The van der Waals surface area contributed by atoms with E-state index < -0.39 is 32.1 Å². The maximum atomic E-state index is 12.8. The molecule has 1 amide bonds. The fourth-order valence-corrected chi connectivity index (χ4v) is 5.32. The van der Waals surface area contributed by atoms with E-state index in [4.69, 9.17) is 16.3 Å². The standard InChI is InChI=1S/C21H20ClN5O6S2/c1-13-9-10-23-21(24-13)26-35(31,32)16-6-4-15(5-7-16)25-20(28)19-12-27(34(2,29)30)17-11-14(22)3-8-18(17)33-19/h3-11,19H,12H2,1-2H3,(H,25,28)(H,23,24,26)/t19-/m0/s1. The van der Waals surface area contributed by atoms with Crippen LogP contribution in [-0.4, -0.2) is 51.6 Å². The average Bonchev–Trinajstić information content (AvgIpc) is 2.77. The fourth-order valence-electron chi connectivity index (χ4n) is 3.29. The van der Waals surface area contributed by atoms with Crippen molar-refractivity contribution >= 4 is 54.9 Å². The van der Waals surface area contributed by atoms with E-state index >= 15 is 0 Å². The van der Waals surface area contributed by atoms with Gasteiger partial charge in [-0.2, -0.15) is 0 Å². The second-order valence-corrected chi connectivity index (χ2v) is 11.7. The van der Waals surface area contributed by atoms with Crippen LogP contribution in [0.15, 0.2) is 59.6 Å². The van der Waals surface area contributed by atoms with Gasteiger partial charge in [0.25, 0.3) is 15.9 Å². The van der Waals surface area contributed by atoms with Gasteiger partial charge in [0.1, 0.15) is 5.75 Å². The lowest BCUT2D eigenvalue weighted by molar-refractivity contribution is -0.122. The first-order chi connectivity index (χ1) is 16.4. The molecule has 4 rings (SSSR count). The zero-order valence-corrected chi connectivity index (χ0v) is 20.9. The Kier molecular flexibility index (Phi) is 6.58. The van der Waals surface area contributed by atoms with Crippen LogP contribution in [0, 0.1) is 6.92 Å². The van der Waals surface area contributed by atoms with Gasteiger partial charge in [-0.1, -0.05) is 11.6 Å². The summed E-state index contributed by atoms with van der Waals surface area (Å²) < 4.78 is 58.8. The van der Waals surface area contributed by atoms with E-state index in [0.29, 0.717) is 10.7 Å². The Morgan fingerprint density at radius 2 is 1.83 bits per heavy atom. The summed E-state index contributed by atoms with van der Waals surface area (Å²) in [7, 11) is -7.67. The topological polar surface area (TPSA) is 148 Å². The maximum Gasteiger partial charge on any atom is 0.267 e. The van der Waals surface area contributed by atoms with Gasteiger partial charge in [-0.25, -0.2) is 31.5 Å². The molecule has 0 saturated heterocycles. The lowest BCUT2D eigenvalue weighted by atomic mass is 10.2. The van der Waals surface area contributed by atoms with Gasteiger partial charge in [-0.3, -0.25) is 9.10 Å². The molecular weight excluding hydrogens is 518 g/mol. The number of benzene rings is 2. The molecule has 0 bridgehead atoms. The third-order valence-electron chi connectivity index (χ3n) is 4.94. The number of nitrogens with zero attached hydrogens (tertiary/aromatic N) is 3. The predicted octanol–water partition coefficient (Wildman–Crippen LogP) is 2.40. The van der Waals surface area contributed by atoms with Crippen molar-refractivity contribution in [1.29, 1.82) is 0 Å². The zero-order chi connectivity index (χ0) is 25.4. The Bertz CT molecular complexity index is 1500. The Morgan fingerprint density at radius 3 is 2.49 bits per heavy atom. The van der Waals surface area contributed by atoms with Crippen LogP contribution in [0.1, 0.15) is 5.69 Å². The molecule has 1 aromatic heterocycles. The third kappa shape index (κ3) is 5.63. The van der Waals surface area contributed by atoms with Crippen molar-refractivity contribution in [3.8, 4) is 5.75 Å². The number of carbonyl (C=O) groups excluding carboxylic acids is 1. The molecule has 184 valence electrons. The van der Waals surface area contributed by atoms with Crippen LogP contribution in [0.3, 0.4) is 0 Å². The van der Waals surface area contributed by atoms with Crippen LogP contribution >= 0.6 is 11.6 Å². The van der Waals surface area contributed by atoms with E-state index in [2.05, 4.69) is 20.0 Å². The molecule has 1 atom stereocenters. The summed E-state index contributed by atoms with van der Waals surface area (Å²) in [6.45, 7) is 1.45. The number of halogens is 1. The van der Waals surface area contributed by atoms with Crippen molar-refractivity contribution in [3.63, 3.8) is 0 Å². The highest BCUT2D eigenvalue weighted by Gasteiger charge is 2.35. The molecule has 0 fully saturated rings. The molecule has 0 unspecified atom stereocenters. The first-order valence-electron chi connectivity index (χ1n) is 10.1. The highest BCUT2D eigenvalue weighted by atomic mass is 35.5. The number of hydrogen-bond acceptors (Lipinski definition) is 8.